The summed E-state index contributed by atoms with van der Waals surface area (Å²) < 4.78 is 27.7. The fourth-order valence-corrected chi connectivity index (χ4v) is 2.21. The third-order valence-corrected chi connectivity index (χ3v) is 3.54. The molecule has 1 atom stereocenters. The maximum absolute atomic E-state index is 13.2. The number of aromatic nitrogens is 2. The van der Waals surface area contributed by atoms with Crippen molar-refractivity contribution in [3.63, 3.8) is 0 Å². The van der Waals surface area contributed by atoms with Crippen LogP contribution in [0.25, 0.3) is 0 Å². The van der Waals surface area contributed by atoms with Gasteiger partial charge in [-0.15, -0.1) is 0 Å². The molecule has 0 bridgehead atoms. The Kier molecular flexibility index (Phi) is 3.87. The number of nitrogens with zero attached hydrogens (tertiary/aromatic N) is 2. The van der Waals surface area contributed by atoms with E-state index in [-0.39, 0.29) is 0 Å². The van der Waals surface area contributed by atoms with Crippen LogP contribution < -0.4 is 5.73 Å². The van der Waals surface area contributed by atoms with Crippen molar-refractivity contribution < 1.29 is 8.78 Å². The Labute approximate surface area is 115 Å². The number of hydrogen-bond acceptors (Lipinski definition) is 2. The number of halogens is 3. The normalized spacial score (nSPS) is 12.7. The second kappa shape index (κ2) is 5.27. The zero-order valence-corrected chi connectivity index (χ0v) is 11.4. The molecule has 2 aromatic rings. The maximum Gasteiger partial charge on any atom is 0.159 e. The van der Waals surface area contributed by atoms with Crippen molar-refractivity contribution in [2.24, 2.45) is 12.8 Å². The molecule has 0 radical (unpaired) electrons. The molecule has 2 rings (SSSR count). The van der Waals surface area contributed by atoms with Gasteiger partial charge in [-0.2, -0.15) is 5.10 Å². The highest BCUT2D eigenvalue weighted by Gasteiger charge is 2.16. The third kappa shape index (κ3) is 2.77. The molecule has 0 aliphatic carbocycles. The summed E-state index contributed by atoms with van der Waals surface area (Å²) in [5, 5.41) is 4.74. The average Bonchev–Trinajstić information content (AvgIpc) is 2.59. The molecular weight excluding hydrogens is 272 g/mol. The molecule has 0 saturated heterocycles. The van der Waals surface area contributed by atoms with E-state index in [9.17, 15) is 8.78 Å². The first-order valence-corrected chi connectivity index (χ1v) is 6.16. The average molecular weight is 286 g/mol. The topological polar surface area (TPSA) is 43.8 Å². The van der Waals surface area contributed by atoms with Crippen LogP contribution in [0.2, 0.25) is 5.02 Å². The lowest BCUT2D eigenvalue weighted by Gasteiger charge is -2.13. The van der Waals surface area contributed by atoms with Crippen LogP contribution in [0, 0.1) is 18.6 Å². The van der Waals surface area contributed by atoms with Crippen molar-refractivity contribution in [3.05, 3.63) is 51.8 Å². The second-order valence-electron chi connectivity index (χ2n) is 4.45. The lowest BCUT2D eigenvalue weighted by molar-refractivity contribution is 0.504. The smallest absolute Gasteiger partial charge is 0.159 e. The van der Waals surface area contributed by atoms with E-state index < -0.39 is 17.7 Å². The van der Waals surface area contributed by atoms with Crippen molar-refractivity contribution in [2.45, 2.75) is 19.4 Å². The van der Waals surface area contributed by atoms with Crippen molar-refractivity contribution in [1.29, 1.82) is 0 Å². The van der Waals surface area contributed by atoms with Crippen molar-refractivity contribution in [1.82, 2.24) is 9.78 Å². The molecule has 2 N–H and O–H groups in total. The lowest BCUT2D eigenvalue weighted by Crippen LogP contribution is -2.16. The zero-order chi connectivity index (χ0) is 14.2. The molecule has 0 fully saturated rings. The second-order valence-corrected chi connectivity index (χ2v) is 4.83. The van der Waals surface area contributed by atoms with Crippen molar-refractivity contribution in [3.8, 4) is 0 Å². The van der Waals surface area contributed by atoms with Gasteiger partial charge in [-0.3, -0.25) is 4.68 Å². The van der Waals surface area contributed by atoms with Gasteiger partial charge in [-0.05, 0) is 24.6 Å². The molecule has 0 spiro atoms. The van der Waals surface area contributed by atoms with E-state index in [1.54, 1.807) is 18.7 Å². The Morgan fingerprint density at radius 2 is 2.05 bits per heavy atom. The fraction of sp³-hybridized carbons (Fsp3) is 0.308. The minimum absolute atomic E-state index is 0.404. The molecule has 102 valence electrons. The van der Waals surface area contributed by atoms with E-state index in [1.165, 1.54) is 6.07 Å². The van der Waals surface area contributed by atoms with Gasteiger partial charge >= 0.3 is 0 Å². The predicted octanol–water partition coefficient (Wildman–Crippen LogP) is 2.90. The van der Waals surface area contributed by atoms with Crippen molar-refractivity contribution in [2.75, 3.05) is 0 Å². The van der Waals surface area contributed by atoms with E-state index >= 15 is 0 Å². The van der Waals surface area contributed by atoms with E-state index in [2.05, 4.69) is 5.10 Å². The van der Waals surface area contributed by atoms with Gasteiger partial charge in [0.15, 0.2) is 11.6 Å². The Hall–Kier alpha value is -1.46. The summed E-state index contributed by atoms with van der Waals surface area (Å²) in [6.45, 7) is 1.80. The first kappa shape index (κ1) is 14.0. The van der Waals surface area contributed by atoms with Crippen LogP contribution in [0.1, 0.15) is 23.0 Å². The Bertz CT molecular complexity index is 610. The number of rotatable bonds is 3. The number of hydrogen-bond donors (Lipinski definition) is 1. The summed E-state index contributed by atoms with van der Waals surface area (Å²) in [5.74, 6) is -1.79. The Morgan fingerprint density at radius 1 is 1.37 bits per heavy atom. The molecule has 1 aromatic heterocycles. The van der Waals surface area contributed by atoms with Crippen LogP contribution in [0.3, 0.4) is 0 Å². The standard InChI is InChI=1S/C13H14ClF2N3/c1-7-13(14)12(19(2)18-7)6-11(17)8-3-4-9(15)10(16)5-8/h3-5,11H,6,17H2,1-2H3. The summed E-state index contributed by atoms with van der Waals surface area (Å²) in [6.07, 6.45) is 0.404. The molecule has 0 aliphatic heterocycles. The highest BCUT2D eigenvalue weighted by molar-refractivity contribution is 6.31. The SMILES string of the molecule is Cc1nn(C)c(CC(N)c2ccc(F)c(F)c2)c1Cl. The summed E-state index contributed by atoms with van der Waals surface area (Å²) >= 11 is 6.13. The third-order valence-electron chi connectivity index (χ3n) is 3.05. The molecular formula is C13H14ClF2N3. The van der Waals surface area contributed by atoms with Gasteiger partial charge in [0.25, 0.3) is 0 Å². The molecule has 0 aliphatic rings. The number of aryl methyl sites for hydroxylation is 2. The summed E-state index contributed by atoms with van der Waals surface area (Å²) in [5.41, 5.74) is 8.02. The van der Waals surface area contributed by atoms with Crippen LogP contribution in [-0.2, 0) is 13.5 Å². The Morgan fingerprint density at radius 3 is 2.58 bits per heavy atom. The molecule has 0 amide bonds. The van der Waals surface area contributed by atoms with Crippen LogP contribution in [-0.4, -0.2) is 9.78 Å². The van der Waals surface area contributed by atoms with Crippen LogP contribution in [0.15, 0.2) is 18.2 Å². The molecule has 3 nitrogen and oxygen atoms in total. The minimum Gasteiger partial charge on any atom is -0.324 e. The van der Waals surface area contributed by atoms with E-state index in [0.717, 1.165) is 23.5 Å². The van der Waals surface area contributed by atoms with E-state index in [4.69, 9.17) is 17.3 Å². The molecule has 0 saturated carbocycles. The fourth-order valence-electron chi connectivity index (χ4n) is 1.97. The summed E-state index contributed by atoms with van der Waals surface area (Å²) in [7, 11) is 1.77. The van der Waals surface area contributed by atoms with Crippen LogP contribution in [0.5, 0.6) is 0 Å². The van der Waals surface area contributed by atoms with Gasteiger partial charge in [0.1, 0.15) is 0 Å². The monoisotopic (exact) mass is 285 g/mol. The first-order chi connectivity index (χ1) is 8.90. The molecule has 1 unspecified atom stereocenters. The quantitative estimate of drug-likeness (QED) is 0.942. The van der Waals surface area contributed by atoms with Crippen molar-refractivity contribution >= 4 is 11.6 Å². The van der Waals surface area contributed by atoms with E-state index in [0.29, 0.717) is 17.0 Å². The van der Waals surface area contributed by atoms with Gasteiger partial charge in [0, 0.05) is 19.5 Å². The molecule has 1 aromatic carbocycles. The highest BCUT2D eigenvalue weighted by atomic mass is 35.5. The van der Waals surface area contributed by atoms with Gasteiger partial charge in [-0.1, -0.05) is 17.7 Å². The highest BCUT2D eigenvalue weighted by Crippen LogP contribution is 2.25. The predicted molar refractivity (Wildman–Crippen MR) is 69.9 cm³/mol. The molecule has 6 heteroatoms. The van der Waals surface area contributed by atoms with Gasteiger partial charge in [0.2, 0.25) is 0 Å². The van der Waals surface area contributed by atoms with Gasteiger partial charge in [0.05, 0.1) is 16.4 Å². The Balaban J connectivity index is 2.25. The number of nitrogens with two attached hydrogens (primary N) is 1. The molecule has 1 heterocycles. The van der Waals surface area contributed by atoms with Gasteiger partial charge in [-0.25, -0.2) is 8.78 Å². The largest absolute Gasteiger partial charge is 0.324 e. The lowest BCUT2D eigenvalue weighted by atomic mass is 10.0. The van der Waals surface area contributed by atoms with E-state index in [1.807, 2.05) is 0 Å². The zero-order valence-electron chi connectivity index (χ0n) is 10.6. The summed E-state index contributed by atoms with van der Waals surface area (Å²) in [6, 6.07) is 3.18. The van der Waals surface area contributed by atoms with Crippen LogP contribution >= 0.6 is 11.6 Å². The maximum atomic E-state index is 13.2. The first-order valence-electron chi connectivity index (χ1n) is 5.78. The van der Waals surface area contributed by atoms with Gasteiger partial charge < -0.3 is 5.73 Å². The molecule has 19 heavy (non-hydrogen) atoms. The number of benzene rings is 1. The van der Waals surface area contributed by atoms with Crippen LogP contribution in [0.4, 0.5) is 8.78 Å². The minimum atomic E-state index is -0.903. The summed E-state index contributed by atoms with van der Waals surface area (Å²) in [4.78, 5) is 0.